The van der Waals surface area contributed by atoms with Crippen LogP contribution in [-0.2, 0) is 24.2 Å². The number of rotatable bonds is 7. The minimum absolute atomic E-state index is 0.0523. The van der Waals surface area contributed by atoms with E-state index in [1.54, 1.807) is 0 Å². The Balaban J connectivity index is 1.51. The molecule has 0 unspecified atom stereocenters. The van der Waals surface area contributed by atoms with Gasteiger partial charge in [0, 0.05) is 18.7 Å². The highest BCUT2D eigenvalue weighted by atomic mass is 16.2. The van der Waals surface area contributed by atoms with E-state index in [9.17, 15) is 9.59 Å². The molecule has 0 aliphatic heterocycles. The van der Waals surface area contributed by atoms with Gasteiger partial charge in [-0.05, 0) is 59.7 Å². The fourth-order valence-corrected chi connectivity index (χ4v) is 3.09. The first-order valence-corrected chi connectivity index (χ1v) is 9.21. The number of carbonyl (C=O) groups excluding carboxylic acids is 2. The molecule has 0 saturated carbocycles. The van der Waals surface area contributed by atoms with Crippen LogP contribution in [-0.4, -0.2) is 18.4 Å². The third kappa shape index (κ3) is 5.17. The zero-order valence-electron chi connectivity index (χ0n) is 15.3. The molecule has 138 valence electrons. The highest BCUT2D eigenvalue weighted by molar-refractivity contribution is 5.94. The van der Waals surface area contributed by atoms with Gasteiger partial charge in [0.1, 0.15) is 0 Å². The van der Waals surface area contributed by atoms with Crippen LogP contribution in [0.15, 0.2) is 61.2 Å². The van der Waals surface area contributed by atoms with Gasteiger partial charge in [0.25, 0.3) is 5.91 Å². The summed E-state index contributed by atoms with van der Waals surface area (Å²) in [5.41, 5.74) is 5.33. The Morgan fingerprint density at radius 2 is 1.81 bits per heavy atom. The molecule has 0 heterocycles. The molecule has 1 aliphatic carbocycles. The van der Waals surface area contributed by atoms with E-state index in [1.807, 2.05) is 42.5 Å². The van der Waals surface area contributed by atoms with Crippen molar-refractivity contribution in [3.8, 4) is 0 Å². The maximum Gasteiger partial charge on any atom is 0.251 e. The van der Waals surface area contributed by atoms with Crippen molar-refractivity contribution in [3.63, 3.8) is 0 Å². The number of benzene rings is 2. The molecular weight excluding hydrogens is 336 g/mol. The number of carbonyl (C=O) groups is 2. The van der Waals surface area contributed by atoms with Gasteiger partial charge in [-0.25, -0.2) is 0 Å². The summed E-state index contributed by atoms with van der Waals surface area (Å²) >= 11 is 0. The third-order valence-electron chi connectivity index (χ3n) is 4.66. The molecular formula is C23H24N2O2. The van der Waals surface area contributed by atoms with Crippen LogP contribution in [0.4, 0.5) is 0 Å². The van der Waals surface area contributed by atoms with Gasteiger partial charge < -0.3 is 10.6 Å². The van der Waals surface area contributed by atoms with Gasteiger partial charge in [0.2, 0.25) is 5.91 Å². The Labute approximate surface area is 160 Å². The van der Waals surface area contributed by atoms with Crippen molar-refractivity contribution in [3.05, 3.63) is 89.0 Å². The Morgan fingerprint density at radius 1 is 1.04 bits per heavy atom. The molecule has 4 heteroatoms. The molecule has 0 bridgehead atoms. The van der Waals surface area contributed by atoms with Crippen molar-refractivity contribution in [1.82, 2.24) is 10.6 Å². The minimum Gasteiger partial charge on any atom is -0.352 e. The van der Waals surface area contributed by atoms with Gasteiger partial charge in [-0.3, -0.25) is 9.59 Å². The molecule has 27 heavy (non-hydrogen) atoms. The van der Waals surface area contributed by atoms with E-state index in [1.165, 1.54) is 17.2 Å². The highest BCUT2D eigenvalue weighted by Gasteiger charge is 2.10. The maximum absolute atomic E-state index is 12.4. The van der Waals surface area contributed by atoms with Crippen LogP contribution in [0.3, 0.4) is 0 Å². The monoisotopic (exact) mass is 360 g/mol. The minimum atomic E-state index is -0.160. The lowest BCUT2D eigenvalue weighted by atomic mass is 9.95. The second kappa shape index (κ2) is 8.99. The summed E-state index contributed by atoms with van der Waals surface area (Å²) in [6.07, 6.45) is 8.33. The second-order valence-corrected chi connectivity index (χ2v) is 6.60. The van der Waals surface area contributed by atoms with Crippen LogP contribution in [0.5, 0.6) is 0 Å². The van der Waals surface area contributed by atoms with E-state index in [2.05, 4.69) is 29.4 Å². The van der Waals surface area contributed by atoms with Gasteiger partial charge in [0.15, 0.2) is 0 Å². The van der Waals surface area contributed by atoms with Crippen molar-refractivity contribution in [1.29, 1.82) is 0 Å². The zero-order valence-corrected chi connectivity index (χ0v) is 15.3. The number of nitrogens with one attached hydrogen (secondary N) is 2. The molecule has 2 aromatic rings. The summed E-state index contributed by atoms with van der Waals surface area (Å²) in [5, 5.41) is 5.74. The largest absolute Gasteiger partial charge is 0.352 e. The molecule has 0 radical (unpaired) electrons. The van der Waals surface area contributed by atoms with Gasteiger partial charge in [-0.15, -0.1) is 0 Å². The maximum atomic E-state index is 12.4. The molecule has 3 rings (SSSR count). The van der Waals surface area contributed by atoms with Gasteiger partial charge in [-0.1, -0.05) is 49.1 Å². The zero-order chi connectivity index (χ0) is 19.1. The van der Waals surface area contributed by atoms with Crippen molar-refractivity contribution < 1.29 is 9.59 Å². The van der Waals surface area contributed by atoms with E-state index < -0.39 is 0 Å². The van der Waals surface area contributed by atoms with Crippen molar-refractivity contribution in [2.24, 2.45) is 0 Å². The smallest absolute Gasteiger partial charge is 0.251 e. The normalized spacial score (nSPS) is 12.1. The van der Waals surface area contributed by atoms with Crippen LogP contribution in [0.25, 0.3) is 6.08 Å². The lowest BCUT2D eigenvalue weighted by Crippen LogP contribution is -2.23. The Bertz CT molecular complexity index is 866. The second-order valence-electron chi connectivity index (χ2n) is 6.60. The van der Waals surface area contributed by atoms with E-state index in [0.717, 1.165) is 30.4 Å². The van der Waals surface area contributed by atoms with Crippen molar-refractivity contribution >= 4 is 17.9 Å². The lowest BCUT2D eigenvalue weighted by Gasteiger charge is -2.12. The molecule has 0 fully saturated rings. The molecule has 0 saturated heterocycles. The first-order valence-electron chi connectivity index (χ1n) is 9.21. The lowest BCUT2D eigenvalue weighted by molar-refractivity contribution is -0.116. The van der Waals surface area contributed by atoms with Crippen LogP contribution >= 0.6 is 0 Å². The average molecular weight is 360 g/mol. The van der Waals surface area contributed by atoms with Crippen LogP contribution in [0.1, 0.15) is 39.0 Å². The standard InChI is InChI=1S/C23H24N2O2/c1-2-22(26)24-14-13-17-7-9-18(10-8-17)16-25-23(27)21-12-11-19-5-3-4-6-20(19)15-21/h2-3,5,7-12,15H,1,4,6,13-14,16H2,(H,24,26)(H,25,27). The molecule has 1 aliphatic rings. The Hall–Kier alpha value is -3.14. The molecule has 2 aromatic carbocycles. The SMILES string of the molecule is C=CC(=O)NCCc1ccc(CNC(=O)c2ccc3c(c2)CCC=C3)cc1. The fourth-order valence-electron chi connectivity index (χ4n) is 3.09. The Kier molecular flexibility index (Phi) is 6.21. The van der Waals surface area contributed by atoms with E-state index in [0.29, 0.717) is 18.7 Å². The quantitative estimate of drug-likeness (QED) is 0.744. The Morgan fingerprint density at radius 3 is 2.59 bits per heavy atom. The van der Waals surface area contributed by atoms with Crippen molar-refractivity contribution in [2.75, 3.05) is 6.54 Å². The topological polar surface area (TPSA) is 58.2 Å². The average Bonchev–Trinajstić information content (AvgIpc) is 2.72. The van der Waals surface area contributed by atoms with E-state index >= 15 is 0 Å². The van der Waals surface area contributed by atoms with E-state index in [4.69, 9.17) is 0 Å². The predicted molar refractivity (Wildman–Crippen MR) is 108 cm³/mol. The highest BCUT2D eigenvalue weighted by Crippen LogP contribution is 2.20. The summed E-state index contributed by atoms with van der Waals surface area (Å²) < 4.78 is 0. The molecule has 2 amide bonds. The van der Waals surface area contributed by atoms with Crippen LogP contribution in [0, 0.1) is 0 Å². The van der Waals surface area contributed by atoms with E-state index in [-0.39, 0.29) is 11.8 Å². The van der Waals surface area contributed by atoms with Gasteiger partial charge in [0.05, 0.1) is 0 Å². The van der Waals surface area contributed by atoms with Crippen LogP contribution < -0.4 is 10.6 Å². The number of hydrogen-bond acceptors (Lipinski definition) is 2. The summed E-state index contributed by atoms with van der Waals surface area (Å²) in [4.78, 5) is 23.6. The van der Waals surface area contributed by atoms with Gasteiger partial charge >= 0.3 is 0 Å². The number of fused-ring (bicyclic) bond motifs is 1. The first-order chi connectivity index (χ1) is 13.2. The fraction of sp³-hybridized carbons (Fsp3) is 0.217. The number of allylic oxidation sites excluding steroid dienone is 1. The molecule has 0 spiro atoms. The number of amides is 2. The first kappa shape index (κ1) is 18.6. The summed E-state index contributed by atoms with van der Waals surface area (Å²) in [5.74, 6) is -0.212. The number of aryl methyl sites for hydroxylation is 1. The molecule has 4 nitrogen and oxygen atoms in total. The molecule has 0 atom stereocenters. The van der Waals surface area contributed by atoms with Crippen LogP contribution in [0.2, 0.25) is 0 Å². The summed E-state index contributed by atoms with van der Waals surface area (Å²) in [6.45, 7) is 4.49. The van der Waals surface area contributed by atoms with Crippen molar-refractivity contribution in [2.45, 2.75) is 25.8 Å². The number of hydrogen-bond donors (Lipinski definition) is 2. The summed E-state index contributed by atoms with van der Waals surface area (Å²) in [6, 6.07) is 13.9. The predicted octanol–water partition coefficient (Wildman–Crippen LogP) is 3.42. The van der Waals surface area contributed by atoms with Gasteiger partial charge in [-0.2, -0.15) is 0 Å². The third-order valence-corrected chi connectivity index (χ3v) is 4.66. The molecule has 2 N–H and O–H groups in total. The summed E-state index contributed by atoms with van der Waals surface area (Å²) in [7, 11) is 0. The molecule has 0 aromatic heterocycles.